The van der Waals surface area contributed by atoms with Crippen LogP contribution in [0.25, 0.3) is 16.6 Å². The number of nitrogens with zero attached hydrogens (tertiary/aromatic N) is 1. The van der Waals surface area contributed by atoms with E-state index in [1.165, 1.54) is 34.9 Å². The third kappa shape index (κ3) is 3.11. The third-order valence-electron chi connectivity index (χ3n) is 3.82. The fourth-order valence-corrected chi connectivity index (χ4v) is 2.68. The van der Waals surface area contributed by atoms with Crippen LogP contribution in [-0.4, -0.2) is 17.3 Å². The van der Waals surface area contributed by atoms with Crippen LogP contribution in [0.2, 0.25) is 0 Å². The summed E-state index contributed by atoms with van der Waals surface area (Å²) >= 11 is 0. The number of hydrogen-bond donors (Lipinski definition) is 0. The van der Waals surface area contributed by atoms with E-state index in [0.717, 1.165) is 6.20 Å². The molecule has 0 unspecified atom stereocenters. The maximum absolute atomic E-state index is 13.2. The summed E-state index contributed by atoms with van der Waals surface area (Å²) in [5.74, 6) is -1.21. The van der Waals surface area contributed by atoms with Gasteiger partial charge in [0.2, 0.25) is 6.79 Å². The van der Waals surface area contributed by atoms with Crippen molar-refractivity contribution in [2.45, 2.75) is 0 Å². The number of carboxylic acids is 1. The predicted octanol–water partition coefficient (Wildman–Crippen LogP) is -1.77. The van der Waals surface area contributed by atoms with Gasteiger partial charge in [0.1, 0.15) is 5.82 Å². The van der Waals surface area contributed by atoms with Crippen molar-refractivity contribution in [3.8, 4) is 17.2 Å². The normalized spacial score (nSPS) is 12.0. The average molecular weight is 365 g/mol. The number of ether oxygens (including phenoxy) is 2. The Balaban J connectivity index is 0.00000182. The van der Waals surface area contributed by atoms with Gasteiger partial charge in [0.15, 0.2) is 16.9 Å². The Morgan fingerprint density at radius 2 is 1.76 bits per heavy atom. The van der Waals surface area contributed by atoms with E-state index in [1.807, 2.05) is 0 Å². The molecule has 120 valence electrons. The fourth-order valence-electron chi connectivity index (χ4n) is 2.68. The zero-order valence-electron chi connectivity index (χ0n) is 13.1. The minimum Gasteiger partial charge on any atom is -0.545 e. The van der Waals surface area contributed by atoms with Crippen LogP contribution < -0.4 is 71.4 Å². The summed E-state index contributed by atoms with van der Waals surface area (Å²) in [6.45, 7) is 0.0176. The van der Waals surface area contributed by atoms with Crippen molar-refractivity contribution in [3.05, 3.63) is 64.2 Å². The van der Waals surface area contributed by atoms with Crippen LogP contribution >= 0.6 is 0 Å². The summed E-state index contributed by atoms with van der Waals surface area (Å²) in [5, 5.41) is 11.4. The van der Waals surface area contributed by atoms with E-state index in [2.05, 4.69) is 0 Å². The Bertz CT molecular complexity index is 1050. The van der Waals surface area contributed by atoms with Crippen molar-refractivity contribution < 1.29 is 75.1 Å². The Hall–Kier alpha value is -1.71. The molecular formula is C17H9FKNO5. The van der Waals surface area contributed by atoms with E-state index in [4.69, 9.17) is 9.47 Å². The van der Waals surface area contributed by atoms with E-state index in [9.17, 15) is 19.1 Å². The molecule has 2 heterocycles. The molecule has 3 aromatic rings. The molecule has 0 N–H and O–H groups in total. The molecule has 1 aliphatic rings. The average Bonchev–Trinajstić information content (AvgIpc) is 3.02. The van der Waals surface area contributed by atoms with E-state index >= 15 is 0 Å². The zero-order chi connectivity index (χ0) is 16.8. The molecule has 8 heteroatoms. The molecule has 0 amide bonds. The molecular weight excluding hydrogens is 356 g/mol. The monoisotopic (exact) mass is 365 g/mol. The van der Waals surface area contributed by atoms with Crippen LogP contribution in [-0.2, 0) is 0 Å². The zero-order valence-corrected chi connectivity index (χ0v) is 16.2. The second kappa shape index (κ2) is 6.89. The van der Waals surface area contributed by atoms with Crippen LogP contribution in [0.1, 0.15) is 10.4 Å². The Morgan fingerprint density at radius 3 is 2.40 bits per heavy atom. The molecule has 4 rings (SSSR count). The van der Waals surface area contributed by atoms with Crippen LogP contribution in [0, 0.1) is 5.82 Å². The van der Waals surface area contributed by atoms with Crippen molar-refractivity contribution in [1.82, 2.24) is 4.57 Å². The van der Waals surface area contributed by atoms with Gasteiger partial charge in [0.25, 0.3) is 0 Å². The number of rotatable bonds is 2. The summed E-state index contributed by atoms with van der Waals surface area (Å²) < 4.78 is 25.2. The molecule has 1 aromatic heterocycles. The first-order valence-electron chi connectivity index (χ1n) is 7.01. The molecule has 0 saturated carbocycles. The van der Waals surface area contributed by atoms with Crippen molar-refractivity contribution in [3.63, 3.8) is 0 Å². The van der Waals surface area contributed by atoms with Crippen LogP contribution in [0.4, 0.5) is 4.39 Å². The molecule has 1 aliphatic heterocycles. The first-order valence-corrected chi connectivity index (χ1v) is 7.01. The fraction of sp³-hybridized carbons (Fsp3) is 0.0588. The van der Waals surface area contributed by atoms with Gasteiger partial charge in [-0.25, -0.2) is 4.39 Å². The van der Waals surface area contributed by atoms with Gasteiger partial charge in [0, 0.05) is 18.0 Å². The summed E-state index contributed by atoms with van der Waals surface area (Å²) in [6, 6.07) is 8.45. The van der Waals surface area contributed by atoms with Gasteiger partial charge in [-0.2, -0.15) is 0 Å². The number of hydrogen-bond acceptors (Lipinski definition) is 5. The first kappa shape index (κ1) is 18.1. The maximum Gasteiger partial charge on any atom is 1.00 e. The smallest absolute Gasteiger partial charge is 0.545 e. The van der Waals surface area contributed by atoms with Crippen LogP contribution in [0.5, 0.6) is 11.5 Å². The number of carbonyl (C=O) groups is 1. The number of fused-ring (bicyclic) bond motifs is 2. The maximum atomic E-state index is 13.2. The predicted molar refractivity (Wildman–Crippen MR) is 80.0 cm³/mol. The van der Waals surface area contributed by atoms with Gasteiger partial charge in [0.05, 0.1) is 22.4 Å². The number of carboxylic acid groups (broad SMARTS) is 1. The minimum absolute atomic E-state index is 0. The van der Waals surface area contributed by atoms with Crippen molar-refractivity contribution >= 4 is 16.9 Å². The Labute approximate surface area is 183 Å². The number of aromatic carboxylic acids is 1. The summed E-state index contributed by atoms with van der Waals surface area (Å²) in [6.07, 6.45) is 1.16. The SMILES string of the molecule is O=C([O-])c1cn(-c2ccc(F)cc2)c2cc3c(cc2c1=O)OCO3.[K+]. The number of aromatic nitrogens is 1. The molecule has 0 radical (unpaired) electrons. The number of carbonyl (C=O) groups excluding carboxylic acids is 1. The Kier molecular flexibility index (Phi) is 4.98. The summed E-state index contributed by atoms with van der Waals surface area (Å²) in [5.41, 5.74) is -0.268. The molecule has 25 heavy (non-hydrogen) atoms. The largest absolute Gasteiger partial charge is 1.00 e. The topological polar surface area (TPSA) is 80.6 Å². The van der Waals surface area contributed by atoms with Gasteiger partial charge in [-0.3, -0.25) is 4.79 Å². The van der Waals surface area contributed by atoms with Gasteiger partial charge >= 0.3 is 51.4 Å². The molecule has 0 aliphatic carbocycles. The van der Waals surface area contributed by atoms with Crippen molar-refractivity contribution in [2.75, 3.05) is 6.79 Å². The summed E-state index contributed by atoms with van der Waals surface area (Å²) in [7, 11) is 0. The molecule has 2 aromatic carbocycles. The molecule has 0 atom stereocenters. The van der Waals surface area contributed by atoms with Gasteiger partial charge in [-0.1, -0.05) is 0 Å². The van der Waals surface area contributed by atoms with E-state index in [-0.39, 0.29) is 63.6 Å². The molecule has 6 nitrogen and oxygen atoms in total. The Morgan fingerprint density at radius 1 is 1.12 bits per heavy atom. The van der Waals surface area contributed by atoms with Crippen LogP contribution in [0.15, 0.2) is 47.4 Å². The number of benzene rings is 2. The van der Waals surface area contributed by atoms with Crippen molar-refractivity contribution in [2.24, 2.45) is 0 Å². The quantitative estimate of drug-likeness (QED) is 0.502. The second-order valence-electron chi connectivity index (χ2n) is 5.23. The van der Waals surface area contributed by atoms with Crippen molar-refractivity contribution in [1.29, 1.82) is 0 Å². The number of halogens is 1. The standard InChI is InChI=1S/C17H10FNO5.K/c18-9-1-3-10(4-2-9)19-7-12(17(21)22)16(20)11-5-14-15(6-13(11)19)24-8-23-14;/h1-7H,8H2,(H,21,22);/q;+1/p-1. The van der Waals surface area contributed by atoms with E-state index < -0.39 is 22.8 Å². The van der Waals surface area contributed by atoms with Crippen LogP contribution in [0.3, 0.4) is 0 Å². The van der Waals surface area contributed by atoms with E-state index in [1.54, 1.807) is 6.07 Å². The molecule has 0 bridgehead atoms. The van der Waals surface area contributed by atoms with Gasteiger partial charge < -0.3 is 23.9 Å². The minimum atomic E-state index is -1.59. The molecule has 0 saturated heterocycles. The molecule has 0 fully saturated rings. The number of pyridine rings is 1. The van der Waals surface area contributed by atoms with Gasteiger partial charge in [-0.05, 0) is 30.3 Å². The summed E-state index contributed by atoms with van der Waals surface area (Å²) in [4.78, 5) is 23.7. The van der Waals surface area contributed by atoms with E-state index in [0.29, 0.717) is 22.7 Å². The van der Waals surface area contributed by atoms with Gasteiger partial charge in [-0.15, -0.1) is 0 Å². The molecule has 0 spiro atoms. The second-order valence-corrected chi connectivity index (χ2v) is 5.23. The first-order chi connectivity index (χ1) is 11.5. The third-order valence-corrected chi connectivity index (χ3v) is 3.82.